The van der Waals surface area contributed by atoms with Gasteiger partial charge in [0.25, 0.3) is 0 Å². The highest BCUT2D eigenvalue weighted by molar-refractivity contribution is 5.05. The molecule has 2 unspecified atom stereocenters. The van der Waals surface area contributed by atoms with E-state index in [9.17, 15) is 0 Å². The molecule has 11 heavy (non-hydrogen) atoms. The summed E-state index contributed by atoms with van der Waals surface area (Å²) in [5.41, 5.74) is 0.298. The third-order valence-electron chi connectivity index (χ3n) is 3.21. The van der Waals surface area contributed by atoms with Gasteiger partial charge in [-0.2, -0.15) is 0 Å². The van der Waals surface area contributed by atoms with Crippen molar-refractivity contribution in [3.8, 4) is 0 Å². The van der Waals surface area contributed by atoms with Gasteiger partial charge in [0, 0.05) is 6.61 Å². The Hall–Kier alpha value is -0.300. The van der Waals surface area contributed by atoms with Crippen molar-refractivity contribution in [3.63, 3.8) is 0 Å². The maximum atomic E-state index is 5.79. The molecule has 0 bridgehead atoms. The number of hydrogen-bond donors (Lipinski definition) is 0. The quantitative estimate of drug-likeness (QED) is 0.552. The lowest BCUT2D eigenvalue weighted by Gasteiger charge is -2.43. The van der Waals surface area contributed by atoms with Crippen LogP contribution in [0.1, 0.15) is 32.6 Å². The Morgan fingerprint density at radius 2 is 2.45 bits per heavy atom. The zero-order chi connectivity index (χ0) is 7.73. The molecule has 1 saturated carbocycles. The first kappa shape index (κ1) is 7.35. The molecule has 0 radical (unpaired) electrons. The van der Waals surface area contributed by atoms with Gasteiger partial charge in [-0.15, -0.1) is 0 Å². The zero-order valence-electron chi connectivity index (χ0n) is 7.18. The fraction of sp³-hybridized carbons (Fsp3) is 0.800. The zero-order valence-corrected chi connectivity index (χ0v) is 7.18. The van der Waals surface area contributed by atoms with Gasteiger partial charge >= 0.3 is 0 Å². The summed E-state index contributed by atoms with van der Waals surface area (Å²) in [5, 5.41) is 0. The molecule has 1 nitrogen and oxygen atoms in total. The molecule has 0 aromatic carbocycles. The van der Waals surface area contributed by atoms with Gasteiger partial charge in [-0.05, 0) is 38.5 Å². The van der Waals surface area contributed by atoms with Gasteiger partial charge in [-0.3, -0.25) is 0 Å². The Balaban J connectivity index is 1.98. The fourth-order valence-electron chi connectivity index (χ4n) is 2.32. The first-order chi connectivity index (χ1) is 5.37. The van der Waals surface area contributed by atoms with E-state index in [4.69, 9.17) is 4.74 Å². The number of fused-ring (bicyclic) bond motifs is 1. The fourth-order valence-corrected chi connectivity index (χ4v) is 2.32. The third-order valence-corrected chi connectivity index (χ3v) is 3.21. The van der Waals surface area contributed by atoms with Crippen LogP contribution < -0.4 is 0 Å². The lowest BCUT2D eigenvalue weighted by molar-refractivity contribution is -0.0778. The van der Waals surface area contributed by atoms with Crippen molar-refractivity contribution < 1.29 is 4.74 Å². The van der Waals surface area contributed by atoms with E-state index in [-0.39, 0.29) is 0 Å². The van der Waals surface area contributed by atoms with Gasteiger partial charge in [-0.1, -0.05) is 12.2 Å². The van der Waals surface area contributed by atoms with Crippen LogP contribution in [0.15, 0.2) is 12.2 Å². The summed E-state index contributed by atoms with van der Waals surface area (Å²) in [6.07, 6.45) is 9.52. The molecule has 62 valence electrons. The van der Waals surface area contributed by atoms with Crippen molar-refractivity contribution in [2.24, 2.45) is 5.92 Å². The number of hydrogen-bond acceptors (Lipinski definition) is 1. The molecule has 2 atom stereocenters. The van der Waals surface area contributed by atoms with Crippen LogP contribution in [0.4, 0.5) is 0 Å². The summed E-state index contributed by atoms with van der Waals surface area (Å²) >= 11 is 0. The average Bonchev–Trinajstić information content (AvgIpc) is 2.26. The summed E-state index contributed by atoms with van der Waals surface area (Å²) < 4.78 is 5.79. The van der Waals surface area contributed by atoms with Gasteiger partial charge in [-0.25, -0.2) is 0 Å². The van der Waals surface area contributed by atoms with E-state index in [1.165, 1.54) is 19.3 Å². The van der Waals surface area contributed by atoms with Gasteiger partial charge in [0.2, 0.25) is 0 Å². The third kappa shape index (κ3) is 1.02. The Morgan fingerprint density at radius 1 is 1.55 bits per heavy atom. The molecule has 0 aromatic rings. The number of ether oxygens (including phenoxy) is 1. The Labute approximate surface area is 68.4 Å². The molecule has 0 N–H and O–H groups in total. The highest BCUT2D eigenvalue weighted by Crippen LogP contribution is 2.50. The molecule has 0 aromatic heterocycles. The molecular formula is C10H16O. The van der Waals surface area contributed by atoms with Crippen molar-refractivity contribution in [2.45, 2.75) is 38.2 Å². The SMILES string of the molecule is C/C=C/CC12CCC1CCO2. The van der Waals surface area contributed by atoms with Crippen molar-refractivity contribution in [1.82, 2.24) is 0 Å². The van der Waals surface area contributed by atoms with E-state index in [0.717, 1.165) is 18.9 Å². The summed E-state index contributed by atoms with van der Waals surface area (Å²) in [6, 6.07) is 0. The molecule has 2 fully saturated rings. The summed E-state index contributed by atoms with van der Waals surface area (Å²) in [5.74, 6) is 0.888. The Morgan fingerprint density at radius 3 is 3.00 bits per heavy atom. The second-order valence-corrected chi connectivity index (χ2v) is 3.71. The molecule has 1 aliphatic heterocycles. The predicted molar refractivity (Wildman–Crippen MR) is 45.5 cm³/mol. The van der Waals surface area contributed by atoms with Crippen LogP contribution in [0, 0.1) is 5.92 Å². The van der Waals surface area contributed by atoms with E-state index in [1.807, 2.05) is 0 Å². The topological polar surface area (TPSA) is 9.23 Å². The van der Waals surface area contributed by atoms with Gasteiger partial charge in [0.15, 0.2) is 0 Å². The van der Waals surface area contributed by atoms with Crippen molar-refractivity contribution in [3.05, 3.63) is 12.2 Å². The van der Waals surface area contributed by atoms with E-state index in [2.05, 4.69) is 19.1 Å². The summed E-state index contributed by atoms with van der Waals surface area (Å²) in [4.78, 5) is 0. The standard InChI is InChI=1S/C10H16O/c1-2-3-6-10-7-4-9(10)5-8-11-10/h2-3,9H,4-8H2,1H3/b3-2+. The van der Waals surface area contributed by atoms with Crippen LogP contribution in [-0.4, -0.2) is 12.2 Å². The minimum atomic E-state index is 0.298. The van der Waals surface area contributed by atoms with Crippen LogP contribution in [0.25, 0.3) is 0 Å². The molecule has 2 rings (SSSR count). The monoisotopic (exact) mass is 152 g/mol. The summed E-state index contributed by atoms with van der Waals surface area (Å²) in [7, 11) is 0. The van der Waals surface area contributed by atoms with E-state index in [1.54, 1.807) is 0 Å². The molecular weight excluding hydrogens is 136 g/mol. The molecule has 1 heteroatoms. The molecule has 0 amide bonds. The second-order valence-electron chi connectivity index (χ2n) is 3.71. The molecule has 2 aliphatic rings. The largest absolute Gasteiger partial charge is 0.374 e. The van der Waals surface area contributed by atoms with Crippen molar-refractivity contribution >= 4 is 0 Å². The van der Waals surface area contributed by atoms with Gasteiger partial charge in [0.05, 0.1) is 5.60 Å². The van der Waals surface area contributed by atoms with E-state index in [0.29, 0.717) is 5.60 Å². The molecule has 0 spiro atoms. The Kier molecular flexibility index (Phi) is 1.76. The number of allylic oxidation sites excluding steroid dienone is 1. The van der Waals surface area contributed by atoms with Crippen LogP contribution in [-0.2, 0) is 4.74 Å². The Bertz CT molecular complexity index is 174. The lowest BCUT2D eigenvalue weighted by Crippen LogP contribution is -2.43. The number of rotatable bonds is 2. The highest BCUT2D eigenvalue weighted by atomic mass is 16.5. The minimum Gasteiger partial charge on any atom is -0.374 e. The van der Waals surface area contributed by atoms with Gasteiger partial charge in [0.1, 0.15) is 0 Å². The van der Waals surface area contributed by atoms with E-state index < -0.39 is 0 Å². The summed E-state index contributed by atoms with van der Waals surface area (Å²) in [6.45, 7) is 3.08. The first-order valence-corrected chi connectivity index (χ1v) is 4.62. The van der Waals surface area contributed by atoms with Crippen LogP contribution in [0.2, 0.25) is 0 Å². The van der Waals surface area contributed by atoms with Crippen LogP contribution in [0.5, 0.6) is 0 Å². The minimum absolute atomic E-state index is 0.298. The second kappa shape index (κ2) is 2.63. The normalized spacial score (nSPS) is 42.5. The smallest absolute Gasteiger partial charge is 0.0745 e. The highest BCUT2D eigenvalue weighted by Gasteiger charge is 2.50. The maximum absolute atomic E-state index is 5.79. The van der Waals surface area contributed by atoms with Crippen LogP contribution >= 0.6 is 0 Å². The van der Waals surface area contributed by atoms with Crippen molar-refractivity contribution in [1.29, 1.82) is 0 Å². The van der Waals surface area contributed by atoms with Crippen LogP contribution in [0.3, 0.4) is 0 Å². The van der Waals surface area contributed by atoms with E-state index >= 15 is 0 Å². The average molecular weight is 152 g/mol. The maximum Gasteiger partial charge on any atom is 0.0745 e. The lowest BCUT2D eigenvalue weighted by atomic mass is 9.68. The molecule has 1 heterocycles. The van der Waals surface area contributed by atoms with Crippen molar-refractivity contribution in [2.75, 3.05) is 6.61 Å². The molecule has 1 saturated heterocycles. The predicted octanol–water partition coefficient (Wildman–Crippen LogP) is 2.52. The molecule has 1 aliphatic carbocycles. The van der Waals surface area contributed by atoms with Gasteiger partial charge < -0.3 is 4.74 Å². The first-order valence-electron chi connectivity index (χ1n) is 4.62.